The van der Waals surface area contributed by atoms with Crippen LogP contribution in [-0.2, 0) is 16.2 Å². The quantitative estimate of drug-likeness (QED) is 0.171. The van der Waals surface area contributed by atoms with Gasteiger partial charge in [-0.3, -0.25) is 0 Å². The summed E-state index contributed by atoms with van der Waals surface area (Å²) in [4.78, 5) is 2.56. The molecule has 54 heavy (non-hydrogen) atoms. The van der Waals surface area contributed by atoms with E-state index in [9.17, 15) is 0 Å². The molecular weight excluding hydrogens is 671 g/mol. The SMILES string of the molecule is CC(C)c1cc(C(C)C)c2sc3c(N(c4ccc5c(c4)C(C)(C)c4ccccc4-5)c4ccc5c(c4)C(C)(C)c4cc(C(C)(C)C)ccc4-5)cccc3c2c1. The van der Waals surface area contributed by atoms with Crippen molar-refractivity contribution in [2.24, 2.45) is 0 Å². The first-order valence-corrected chi connectivity index (χ1v) is 20.7. The Labute approximate surface area is 326 Å². The van der Waals surface area contributed by atoms with Gasteiger partial charge in [-0.05, 0) is 115 Å². The van der Waals surface area contributed by atoms with Crippen LogP contribution in [0.2, 0.25) is 0 Å². The Morgan fingerprint density at radius 2 is 1.09 bits per heavy atom. The van der Waals surface area contributed by atoms with E-state index in [0.717, 1.165) is 0 Å². The van der Waals surface area contributed by atoms with E-state index in [-0.39, 0.29) is 16.2 Å². The third-order valence-electron chi connectivity index (χ3n) is 12.8. The van der Waals surface area contributed by atoms with Gasteiger partial charge in [0.15, 0.2) is 0 Å². The minimum atomic E-state index is -0.127. The van der Waals surface area contributed by atoms with Gasteiger partial charge in [-0.2, -0.15) is 0 Å². The standard InChI is InChI=1S/C52H53NS/c1-30(2)32-25-41(31(3)4)48-42(26-32)40-16-14-18-47(49(40)54-48)53(34-20-23-38-36-15-12-13-17-43(36)51(8,9)45(38)28-34)35-21-24-39-37-22-19-33(50(5,6)7)27-44(37)52(10,11)46(39)29-35/h12-31H,1-11H3. The Hall–Kier alpha value is -4.66. The summed E-state index contributed by atoms with van der Waals surface area (Å²) in [7, 11) is 0. The van der Waals surface area contributed by atoms with Gasteiger partial charge in [0.2, 0.25) is 0 Å². The number of benzene rings is 6. The van der Waals surface area contributed by atoms with Crippen LogP contribution in [0.15, 0.2) is 109 Å². The molecule has 0 saturated heterocycles. The van der Waals surface area contributed by atoms with E-state index in [1.165, 1.54) is 98.4 Å². The van der Waals surface area contributed by atoms with Crippen molar-refractivity contribution in [3.8, 4) is 22.3 Å². The summed E-state index contributed by atoms with van der Waals surface area (Å²) in [5.74, 6) is 0.914. The average Bonchev–Trinajstić information content (AvgIpc) is 3.71. The Morgan fingerprint density at radius 3 is 1.70 bits per heavy atom. The Kier molecular flexibility index (Phi) is 7.74. The lowest BCUT2D eigenvalue weighted by molar-refractivity contribution is 0.584. The minimum Gasteiger partial charge on any atom is -0.309 e. The van der Waals surface area contributed by atoms with Crippen LogP contribution >= 0.6 is 11.3 Å². The zero-order valence-corrected chi connectivity index (χ0v) is 34.7. The fraction of sp³-hybridized carbons (Fsp3) is 0.308. The first-order valence-electron chi connectivity index (χ1n) is 19.9. The van der Waals surface area contributed by atoms with Gasteiger partial charge in [0.1, 0.15) is 0 Å². The molecule has 0 atom stereocenters. The molecule has 0 unspecified atom stereocenters. The van der Waals surface area contributed by atoms with Crippen molar-refractivity contribution in [3.63, 3.8) is 0 Å². The van der Waals surface area contributed by atoms with E-state index < -0.39 is 0 Å². The van der Waals surface area contributed by atoms with Crippen molar-refractivity contribution in [1.82, 2.24) is 0 Å². The van der Waals surface area contributed by atoms with E-state index in [0.29, 0.717) is 11.8 Å². The molecule has 2 aliphatic rings. The third-order valence-corrected chi connectivity index (χ3v) is 14.1. The minimum absolute atomic E-state index is 0.0943. The summed E-state index contributed by atoms with van der Waals surface area (Å²) in [6.45, 7) is 25.9. The monoisotopic (exact) mass is 723 g/mol. The zero-order valence-electron chi connectivity index (χ0n) is 33.9. The van der Waals surface area contributed by atoms with E-state index >= 15 is 0 Å². The van der Waals surface area contributed by atoms with E-state index in [2.05, 4.69) is 190 Å². The zero-order chi connectivity index (χ0) is 38.1. The molecular formula is C52H53NS. The smallest absolute Gasteiger partial charge is 0.0640 e. The largest absolute Gasteiger partial charge is 0.309 e. The molecule has 1 aromatic heterocycles. The molecule has 2 aliphatic carbocycles. The van der Waals surface area contributed by atoms with E-state index in [4.69, 9.17) is 0 Å². The van der Waals surface area contributed by atoms with Gasteiger partial charge >= 0.3 is 0 Å². The van der Waals surface area contributed by atoms with Crippen LogP contribution in [0.4, 0.5) is 17.1 Å². The van der Waals surface area contributed by atoms with Crippen molar-refractivity contribution in [2.75, 3.05) is 4.90 Å². The van der Waals surface area contributed by atoms with E-state index in [1.54, 1.807) is 0 Å². The number of hydrogen-bond donors (Lipinski definition) is 0. The highest BCUT2D eigenvalue weighted by molar-refractivity contribution is 7.26. The molecule has 0 aliphatic heterocycles. The molecule has 0 amide bonds. The van der Waals surface area contributed by atoms with Gasteiger partial charge < -0.3 is 4.90 Å². The average molecular weight is 724 g/mol. The van der Waals surface area contributed by atoms with Crippen molar-refractivity contribution >= 4 is 48.6 Å². The Morgan fingerprint density at radius 1 is 0.519 bits per heavy atom. The number of thiophene rings is 1. The van der Waals surface area contributed by atoms with Crippen molar-refractivity contribution in [2.45, 2.75) is 104 Å². The second-order valence-corrected chi connectivity index (χ2v) is 19.7. The second kappa shape index (κ2) is 11.9. The van der Waals surface area contributed by atoms with Gasteiger partial charge in [0.25, 0.3) is 0 Å². The molecule has 0 N–H and O–H groups in total. The number of fused-ring (bicyclic) bond motifs is 9. The summed E-state index contributed by atoms with van der Waals surface area (Å²) in [5, 5.41) is 2.73. The summed E-state index contributed by atoms with van der Waals surface area (Å²) in [5.41, 5.74) is 18.8. The number of rotatable bonds is 5. The molecule has 1 nitrogen and oxygen atoms in total. The second-order valence-electron chi connectivity index (χ2n) is 18.7. The third kappa shape index (κ3) is 5.09. The first kappa shape index (κ1) is 35.1. The highest BCUT2D eigenvalue weighted by Gasteiger charge is 2.38. The molecule has 0 spiro atoms. The summed E-state index contributed by atoms with van der Waals surface area (Å²) >= 11 is 1.97. The molecule has 0 radical (unpaired) electrons. The maximum Gasteiger partial charge on any atom is 0.0640 e. The fourth-order valence-electron chi connectivity index (χ4n) is 9.46. The Balaban J connectivity index is 1.30. The van der Waals surface area contributed by atoms with Crippen LogP contribution in [0, 0.1) is 0 Å². The maximum atomic E-state index is 2.56. The molecule has 6 aromatic carbocycles. The molecule has 1 heterocycles. The molecule has 0 saturated carbocycles. The lowest BCUT2D eigenvalue weighted by Crippen LogP contribution is -2.19. The van der Waals surface area contributed by atoms with Gasteiger partial charge in [0.05, 0.1) is 10.4 Å². The lowest BCUT2D eigenvalue weighted by atomic mass is 9.79. The predicted octanol–water partition coefficient (Wildman–Crippen LogP) is 15.7. The normalized spacial score (nSPS) is 15.2. The molecule has 0 bridgehead atoms. The van der Waals surface area contributed by atoms with Crippen molar-refractivity contribution < 1.29 is 0 Å². The molecule has 0 fully saturated rings. The van der Waals surface area contributed by atoms with Crippen LogP contribution in [0.3, 0.4) is 0 Å². The van der Waals surface area contributed by atoms with Crippen LogP contribution in [0.5, 0.6) is 0 Å². The van der Waals surface area contributed by atoms with Gasteiger partial charge in [-0.1, -0.05) is 149 Å². The topological polar surface area (TPSA) is 3.24 Å². The summed E-state index contributed by atoms with van der Waals surface area (Å²) in [6.07, 6.45) is 0. The van der Waals surface area contributed by atoms with Gasteiger partial charge in [-0.25, -0.2) is 0 Å². The first-order chi connectivity index (χ1) is 25.6. The van der Waals surface area contributed by atoms with Crippen LogP contribution in [-0.4, -0.2) is 0 Å². The van der Waals surface area contributed by atoms with Gasteiger partial charge in [0, 0.05) is 37.7 Å². The van der Waals surface area contributed by atoms with Crippen LogP contribution in [0.25, 0.3) is 42.4 Å². The number of hydrogen-bond acceptors (Lipinski definition) is 2. The lowest BCUT2D eigenvalue weighted by Gasteiger charge is -2.30. The van der Waals surface area contributed by atoms with E-state index in [1.807, 2.05) is 11.3 Å². The van der Waals surface area contributed by atoms with Gasteiger partial charge in [-0.15, -0.1) is 11.3 Å². The maximum absolute atomic E-state index is 2.56. The van der Waals surface area contributed by atoms with Crippen molar-refractivity contribution in [3.05, 3.63) is 148 Å². The van der Waals surface area contributed by atoms with Crippen LogP contribution in [0.1, 0.15) is 127 Å². The fourth-order valence-corrected chi connectivity index (χ4v) is 10.9. The molecule has 9 rings (SSSR count). The van der Waals surface area contributed by atoms with Crippen LogP contribution < -0.4 is 4.90 Å². The molecule has 2 heteroatoms. The summed E-state index contributed by atoms with van der Waals surface area (Å²) < 4.78 is 2.76. The van der Waals surface area contributed by atoms with Crippen molar-refractivity contribution in [1.29, 1.82) is 0 Å². The molecule has 272 valence electrons. The Bertz CT molecular complexity index is 2650. The highest BCUT2D eigenvalue weighted by atomic mass is 32.1. The number of nitrogens with zero attached hydrogens (tertiary/aromatic N) is 1. The predicted molar refractivity (Wildman–Crippen MR) is 236 cm³/mol. The number of anilines is 3. The molecule has 7 aromatic rings. The highest BCUT2D eigenvalue weighted by Crippen LogP contribution is 2.55. The summed E-state index contributed by atoms with van der Waals surface area (Å²) in [6, 6.07) is 42.6.